The molecule has 5 nitrogen and oxygen atoms in total. The lowest BCUT2D eigenvalue weighted by molar-refractivity contribution is 0.177. The molecule has 1 aliphatic rings. The molecule has 112 valence electrons. The number of aromatic amines is 1. The number of aryl methyl sites for hydroxylation is 1. The van der Waals surface area contributed by atoms with Crippen LogP contribution in [-0.4, -0.2) is 49.1 Å². The fourth-order valence-corrected chi connectivity index (χ4v) is 2.05. The SMILES string of the molecule is [2H]c1[nH]c2ccc(C[C@]3([2H])NC(=O)OC3([2H])[2H])cc2c1C([2H])([2H])C([2H])([2H])N(C)C. The second kappa shape index (κ2) is 5.77. The Hall–Kier alpha value is -2.01. The third kappa shape index (κ3) is 3.19. The van der Waals surface area contributed by atoms with E-state index in [2.05, 4.69) is 15.0 Å². The van der Waals surface area contributed by atoms with Crippen molar-refractivity contribution in [1.82, 2.24) is 15.2 Å². The zero-order valence-corrected chi connectivity index (χ0v) is 11.7. The maximum atomic E-state index is 11.4. The number of alkyl carbamates (subject to hydrolysis) is 1. The van der Waals surface area contributed by atoms with E-state index >= 15 is 0 Å². The number of H-pyrrole nitrogens is 1. The molecule has 5 heteroatoms. The highest BCUT2D eigenvalue weighted by Crippen LogP contribution is 2.21. The molecule has 0 saturated carbocycles. The molecule has 2 heterocycles. The van der Waals surface area contributed by atoms with Gasteiger partial charge in [-0.1, -0.05) is 6.07 Å². The van der Waals surface area contributed by atoms with Crippen LogP contribution in [0, 0.1) is 0 Å². The van der Waals surface area contributed by atoms with E-state index in [1.165, 1.54) is 20.2 Å². The molecule has 1 amide bonds. The Morgan fingerprint density at radius 3 is 3.19 bits per heavy atom. The Morgan fingerprint density at radius 2 is 2.48 bits per heavy atom. The van der Waals surface area contributed by atoms with Crippen LogP contribution in [0.3, 0.4) is 0 Å². The van der Waals surface area contributed by atoms with Gasteiger partial charge in [-0.15, -0.1) is 0 Å². The number of carbonyl (C=O) groups excluding carboxylic acids is 1. The van der Waals surface area contributed by atoms with Crippen molar-refractivity contribution in [3.05, 3.63) is 35.5 Å². The normalized spacial score (nSPS) is 31.1. The summed E-state index contributed by atoms with van der Waals surface area (Å²) in [5.74, 6) is 0. The fourth-order valence-electron chi connectivity index (χ4n) is 2.05. The second-order valence-corrected chi connectivity index (χ2v) is 4.91. The lowest BCUT2D eigenvalue weighted by Gasteiger charge is -2.09. The summed E-state index contributed by atoms with van der Waals surface area (Å²) in [6, 6.07) is 2.49. The summed E-state index contributed by atoms with van der Waals surface area (Å²) < 4.78 is 69.6. The monoisotopic (exact) mass is 295 g/mol. The molecule has 0 aliphatic carbocycles. The van der Waals surface area contributed by atoms with Crippen molar-refractivity contribution in [3.63, 3.8) is 0 Å². The lowest BCUT2D eigenvalue weighted by Crippen LogP contribution is -2.28. The van der Waals surface area contributed by atoms with Gasteiger partial charge in [0.25, 0.3) is 0 Å². The number of carbonyl (C=O) groups is 1. The minimum Gasteiger partial charge on any atom is -0.447 e. The van der Waals surface area contributed by atoms with Crippen LogP contribution in [0.25, 0.3) is 10.9 Å². The van der Waals surface area contributed by atoms with Crippen LogP contribution in [0.2, 0.25) is 0 Å². The van der Waals surface area contributed by atoms with Crippen molar-refractivity contribution in [1.29, 1.82) is 0 Å². The van der Waals surface area contributed by atoms with Crippen LogP contribution in [-0.2, 0) is 17.5 Å². The van der Waals surface area contributed by atoms with E-state index < -0.39 is 31.5 Å². The Balaban J connectivity index is 2.10. The largest absolute Gasteiger partial charge is 0.447 e. The fraction of sp³-hybridized carbons (Fsp3) is 0.438. The lowest BCUT2D eigenvalue weighted by atomic mass is 10.0. The zero-order valence-electron chi connectivity index (χ0n) is 19.7. The molecule has 1 atom stereocenters. The maximum absolute atomic E-state index is 11.4. The molecule has 0 bridgehead atoms. The highest BCUT2D eigenvalue weighted by Gasteiger charge is 2.22. The molecule has 0 spiro atoms. The van der Waals surface area contributed by atoms with Crippen LogP contribution in [0.5, 0.6) is 0 Å². The van der Waals surface area contributed by atoms with Crippen LogP contribution in [0.15, 0.2) is 24.4 Å². The number of hydrogen-bond donors (Lipinski definition) is 2. The number of benzene rings is 1. The average molecular weight is 295 g/mol. The molecule has 1 aliphatic heterocycles. The molecule has 0 unspecified atom stereocenters. The Morgan fingerprint density at radius 1 is 1.62 bits per heavy atom. The van der Waals surface area contributed by atoms with Crippen molar-refractivity contribution in [2.45, 2.75) is 18.8 Å². The van der Waals surface area contributed by atoms with Gasteiger partial charge in [0, 0.05) is 29.1 Å². The summed E-state index contributed by atoms with van der Waals surface area (Å²) in [6.07, 6.45) is -4.15. The molecule has 1 fully saturated rings. The quantitative estimate of drug-likeness (QED) is 0.886. The van der Waals surface area contributed by atoms with Gasteiger partial charge in [-0.2, -0.15) is 0 Å². The Bertz CT molecular complexity index is 974. The number of cyclic esters (lactones) is 1. The number of hydrogen-bond acceptors (Lipinski definition) is 3. The first-order valence-corrected chi connectivity index (χ1v) is 6.43. The van der Waals surface area contributed by atoms with Crippen molar-refractivity contribution < 1.29 is 20.5 Å². The minimum atomic E-state index is -2.57. The first-order valence-electron chi connectivity index (χ1n) is 10.4. The smallest absolute Gasteiger partial charge is 0.407 e. The van der Waals surface area contributed by atoms with E-state index in [9.17, 15) is 4.79 Å². The highest BCUT2D eigenvalue weighted by atomic mass is 16.6. The molecule has 21 heavy (non-hydrogen) atoms. The summed E-state index contributed by atoms with van der Waals surface area (Å²) in [5, 5.41) is 2.40. The van der Waals surface area contributed by atoms with Gasteiger partial charge < -0.3 is 19.9 Å². The number of rotatable bonds is 5. The van der Waals surface area contributed by atoms with E-state index in [-0.39, 0.29) is 23.5 Å². The number of fused-ring (bicyclic) bond motifs is 1. The van der Waals surface area contributed by atoms with Crippen molar-refractivity contribution >= 4 is 17.0 Å². The summed E-state index contributed by atoms with van der Waals surface area (Å²) >= 11 is 0. The van der Waals surface area contributed by atoms with Gasteiger partial charge in [0.15, 0.2) is 0 Å². The highest BCUT2D eigenvalue weighted by molar-refractivity contribution is 5.84. The number of nitrogens with zero attached hydrogens (tertiary/aromatic N) is 1. The molecule has 1 aromatic heterocycles. The van der Waals surface area contributed by atoms with Gasteiger partial charge in [-0.25, -0.2) is 4.79 Å². The average Bonchev–Trinajstić information content (AvgIpc) is 2.98. The van der Waals surface area contributed by atoms with Crippen molar-refractivity contribution in [2.24, 2.45) is 0 Å². The number of amides is 1. The number of ether oxygens (including phenoxy) is 1. The van der Waals surface area contributed by atoms with E-state index in [1.54, 1.807) is 12.1 Å². The van der Waals surface area contributed by atoms with Crippen molar-refractivity contribution in [2.75, 3.05) is 27.2 Å². The molecule has 3 rings (SSSR count). The van der Waals surface area contributed by atoms with Crippen LogP contribution in [0.1, 0.15) is 22.1 Å². The third-order valence-electron chi connectivity index (χ3n) is 2.98. The number of aromatic nitrogens is 1. The maximum Gasteiger partial charge on any atom is 0.407 e. The van der Waals surface area contributed by atoms with Gasteiger partial charge >= 0.3 is 6.09 Å². The Labute approximate surface area is 135 Å². The predicted molar refractivity (Wildman–Crippen MR) is 82.5 cm³/mol. The van der Waals surface area contributed by atoms with Gasteiger partial charge in [0.05, 0.1) is 11.5 Å². The van der Waals surface area contributed by atoms with Crippen LogP contribution < -0.4 is 5.32 Å². The zero-order chi connectivity index (χ0) is 22.0. The third-order valence-corrected chi connectivity index (χ3v) is 2.98. The van der Waals surface area contributed by atoms with Gasteiger partial charge in [0.2, 0.25) is 0 Å². The van der Waals surface area contributed by atoms with Gasteiger partial charge in [-0.05, 0) is 50.1 Å². The topological polar surface area (TPSA) is 57.4 Å². The van der Waals surface area contributed by atoms with Gasteiger partial charge in [0.1, 0.15) is 6.56 Å². The number of likely N-dealkylation sites (N-methyl/N-ethyl adjacent to an activating group) is 1. The molecule has 2 N–H and O–H groups in total. The van der Waals surface area contributed by atoms with E-state index in [1.807, 2.05) is 0 Å². The molecular formula is C16H21N3O2. The summed E-state index contributed by atoms with van der Waals surface area (Å²) in [5.41, 5.74) is 0.617. The first kappa shape index (κ1) is 7.31. The minimum absolute atomic E-state index is 0.179. The van der Waals surface area contributed by atoms with E-state index in [0.717, 1.165) is 4.90 Å². The predicted octanol–water partition coefficient (Wildman–Crippen LogP) is 1.92. The molecular weight excluding hydrogens is 266 g/mol. The van der Waals surface area contributed by atoms with Crippen molar-refractivity contribution in [3.8, 4) is 0 Å². The Kier molecular flexibility index (Phi) is 2.01. The molecule has 0 radical (unpaired) electrons. The first-order chi connectivity index (χ1) is 13.1. The molecule has 1 aromatic carbocycles. The number of nitrogens with one attached hydrogen (secondary N) is 2. The standard InChI is InChI=1S/C16H21N3O2/c1-19(2)6-5-12-9-17-15-4-3-11(8-14(12)15)7-13-10-21-16(20)18-13/h3-4,8-9,13,17H,5-7,10H2,1-2H3,(H,18,20)/t13-/m0/s1/i5D2,6D2,9D,10D2,13D. The van der Waals surface area contributed by atoms with E-state index in [0.29, 0.717) is 11.1 Å². The van der Waals surface area contributed by atoms with Gasteiger partial charge in [-0.3, -0.25) is 0 Å². The molecule has 1 saturated heterocycles. The summed E-state index contributed by atoms with van der Waals surface area (Å²) in [6.45, 7) is -4.99. The second-order valence-electron chi connectivity index (χ2n) is 4.91. The van der Waals surface area contributed by atoms with Crippen LogP contribution >= 0.6 is 0 Å². The van der Waals surface area contributed by atoms with E-state index in [4.69, 9.17) is 11.0 Å². The summed E-state index contributed by atoms with van der Waals surface area (Å²) in [7, 11) is 2.80. The van der Waals surface area contributed by atoms with Crippen LogP contribution in [0.4, 0.5) is 4.79 Å². The summed E-state index contributed by atoms with van der Waals surface area (Å²) in [4.78, 5) is 15.2. The molecule has 2 aromatic rings.